The highest BCUT2D eigenvalue weighted by molar-refractivity contribution is 5.13. The predicted octanol–water partition coefficient (Wildman–Crippen LogP) is 1.91. The van der Waals surface area contributed by atoms with E-state index in [1.165, 1.54) is 5.69 Å². The molecule has 0 unspecified atom stereocenters. The molecule has 0 fully saturated rings. The van der Waals surface area contributed by atoms with Crippen molar-refractivity contribution in [2.24, 2.45) is 11.7 Å². The minimum Gasteiger partial charge on any atom is -0.325 e. The second-order valence-corrected chi connectivity index (χ2v) is 4.69. The number of rotatable bonds is 5. The molecule has 0 aliphatic carbocycles. The lowest BCUT2D eigenvalue weighted by atomic mass is 10.1. The maximum atomic E-state index is 5.64. The summed E-state index contributed by atoms with van der Waals surface area (Å²) in [5.74, 6) is 1.13. The Bertz CT molecular complexity index is 302. The van der Waals surface area contributed by atoms with Gasteiger partial charge in [0.1, 0.15) is 0 Å². The molecule has 1 heterocycles. The lowest BCUT2D eigenvalue weighted by molar-refractivity contribution is 0.461. The van der Waals surface area contributed by atoms with Crippen LogP contribution in [0.3, 0.4) is 0 Å². The fourth-order valence-electron chi connectivity index (χ4n) is 1.68. The quantitative estimate of drug-likeness (QED) is 0.807. The molecular formula is C11H22N4. The first-order valence-corrected chi connectivity index (χ1v) is 5.68. The van der Waals surface area contributed by atoms with E-state index in [2.05, 4.69) is 38.0 Å². The van der Waals surface area contributed by atoms with Gasteiger partial charge in [-0.3, -0.25) is 0 Å². The molecule has 0 bridgehead atoms. The van der Waals surface area contributed by atoms with Crippen LogP contribution in [0, 0.1) is 5.92 Å². The molecule has 1 aromatic heterocycles. The molecular weight excluding hydrogens is 188 g/mol. The van der Waals surface area contributed by atoms with Crippen molar-refractivity contribution in [3.05, 3.63) is 11.4 Å². The molecule has 0 amide bonds. The molecule has 2 N–H and O–H groups in total. The summed E-state index contributed by atoms with van der Waals surface area (Å²) >= 11 is 0. The number of nitrogens with zero attached hydrogens (tertiary/aromatic N) is 3. The van der Waals surface area contributed by atoms with E-state index in [1.807, 2.05) is 4.68 Å². The first-order chi connectivity index (χ1) is 7.06. The number of aryl methyl sites for hydroxylation is 1. The third-order valence-electron chi connectivity index (χ3n) is 2.51. The topological polar surface area (TPSA) is 56.7 Å². The van der Waals surface area contributed by atoms with Crippen molar-refractivity contribution >= 4 is 0 Å². The molecule has 1 aromatic rings. The van der Waals surface area contributed by atoms with Gasteiger partial charge in [0.2, 0.25) is 0 Å². The summed E-state index contributed by atoms with van der Waals surface area (Å²) in [5.41, 5.74) is 7.77. The van der Waals surface area contributed by atoms with Gasteiger partial charge in [0, 0.05) is 13.1 Å². The van der Waals surface area contributed by atoms with Crippen LogP contribution in [-0.2, 0) is 13.1 Å². The smallest absolute Gasteiger partial charge is 0.0997 e. The van der Waals surface area contributed by atoms with E-state index < -0.39 is 0 Å². The van der Waals surface area contributed by atoms with Gasteiger partial charge in [-0.1, -0.05) is 32.9 Å². The van der Waals surface area contributed by atoms with Crippen LogP contribution in [0.5, 0.6) is 0 Å². The highest BCUT2D eigenvalue weighted by Crippen LogP contribution is 2.18. The van der Waals surface area contributed by atoms with Gasteiger partial charge in [-0.05, 0) is 18.3 Å². The fraction of sp³-hybridized carbons (Fsp3) is 0.818. The molecule has 4 nitrogen and oxygen atoms in total. The van der Waals surface area contributed by atoms with Gasteiger partial charge in [-0.2, -0.15) is 0 Å². The van der Waals surface area contributed by atoms with E-state index in [4.69, 9.17) is 5.73 Å². The number of hydrogen-bond donors (Lipinski definition) is 1. The molecule has 0 radical (unpaired) electrons. The molecule has 0 saturated carbocycles. The van der Waals surface area contributed by atoms with Gasteiger partial charge in [0.15, 0.2) is 0 Å². The lowest BCUT2D eigenvalue weighted by Gasteiger charge is -2.11. The summed E-state index contributed by atoms with van der Waals surface area (Å²) in [6, 6.07) is 0. The fourth-order valence-corrected chi connectivity index (χ4v) is 1.68. The summed E-state index contributed by atoms with van der Waals surface area (Å²) in [7, 11) is 0. The number of nitrogens with two attached hydrogens (primary N) is 1. The zero-order valence-corrected chi connectivity index (χ0v) is 10.2. The predicted molar refractivity (Wildman–Crippen MR) is 61.5 cm³/mol. The molecule has 0 aliphatic heterocycles. The summed E-state index contributed by atoms with van der Waals surface area (Å²) in [5, 5.41) is 8.29. The molecule has 0 aromatic carbocycles. The second kappa shape index (κ2) is 5.26. The number of aromatic nitrogens is 3. The highest BCUT2D eigenvalue weighted by atomic mass is 15.4. The molecule has 4 heteroatoms. The third kappa shape index (κ3) is 3.02. The minimum absolute atomic E-state index is 0.436. The largest absolute Gasteiger partial charge is 0.325 e. The van der Waals surface area contributed by atoms with Crippen LogP contribution in [0.1, 0.15) is 51.4 Å². The van der Waals surface area contributed by atoms with Crippen molar-refractivity contribution in [2.75, 3.05) is 0 Å². The van der Waals surface area contributed by atoms with E-state index >= 15 is 0 Å². The van der Waals surface area contributed by atoms with Crippen LogP contribution >= 0.6 is 0 Å². The summed E-state index contributed by atoms with van der Waals surface area (Å²) in [6.07, 6.45) is 1.13. The lowest BCUT2D eigenvalue weighted by Crippen LogP contribution is -2.10. The van der Waals surface area contributed by atoms with Crippen molar-refractivity contribution < 1.29 is 0 Å². The Morgan fingerprint density at radius 3 is 2.40 bits per heavy atom. The first-order valence-electron chi connectivity index (χ1n) is 5.68. The van der Waals surface area contributed by atoms with Crippen LogP contribution in [0.4, 0.5) is 0 Å². The Balaban J connectivity index is 2.82. The van der Waals surface area contributed by atoms with Crippen LogP contribution in [0.15, 0.2) is 0 Å². The SMILES string of the molecule is CC(C)CCn1nnc(CN)c1C(C)C. The second-order valence-electron chi connectivity index (χ2n) is 4.69. The average Bonchev–Trinajstić information content (AvgIpc) is 2.57. The maximum Gasteiger partial charge on any atom is 0.0997 e. The van der Waals surface area contributed by atoms with Gasteiger partial charge >= 0.3 is 0 Å². The summed E-state index contributed by atoms with van der Waals surface area (Å²) < 4.78 is 2.01. The van der Waals surface area contributed by atoms with Crippen molar-refractivity contribution in [1.29, 1.82) is 0 Å². The summed E-state index contributed by atoms with van der Waals surface area (Å²) in [6.45, 7) is 10.2. The van der Waals surface area contributed by atoms with Gasteiger partial charge in [-0.25, -0.2) is 4.68 Å². The maximum absolute atomic E-state index is 5.64. The minimum atomic E-state index is 0.436. The zero-order valence-electron chi connectivity index (χ0n) is 10.2. The summed E-state index contributed by atoms with van der Waals surface area (Å²) in [4.78, 5) is 0. The van der Waals surface area contributed by atoms with Crippen molar-refractivity contribution in [1.82, 2.24) is 15.0 Å². The molecule has 15 heavy (non-hydrogen) atoms. The van der Waals surface area contributed by atoms with E-state index in [-0.39, 0.29) is 0 Å². The molecule has 0 aliphatic rings. The van der Waals surface area contributed by atoms with E-state index in [0.717, 1.165) is 18.7 Å². The Labute approximate surface area is 91.9 Å². The van der Waals surface area contributed by atoms with E-state index in [0.29, 0.717) is 18.4 Å². The Morgan fingerprint density at radius 1 is 1.27 bits per heavy atom. The van der Waals surface area contributed by atoms with Crippen LogP contribution in [0.25, 0.3) is 0 Å². The normalized spacial score (nSPS) is 11.7. The van der Waals surface area contributed by atoms with Gasteiger partial charge < -0.3 is 5.73 Å². The van der Waals surface area contributed by atoms with Gasteiger partial charge in [0.25, 0.3) is 0 Å². The zero-order chi connectivity index (χ0) is 11.4. The number of hydrogen-bond acceptors (Lipinski definition) is 3. The van der Waals surface area contributed by atoms with Gasteiger partial charge in [0.05, 0.1) is 11.4 Å². The Hall–Kier alpha value is -0.900. The monoisotopic (exact) mass is 210 g/mol. The van der Waals surface area contributed by atoms with Gasteiger partial charge in [-0.15, -0.1) is 5.10 Å². The molecule has 86 valence electrons. The average molecular weight is 210 g/mol. The Kier molecular flexibility index (Phi) is 4.27. The van der Waals surface area contributed by atoms with Crippen molar-refractivity contribution in [3.63, 3.8) is 0 Å². The molecule has 1 rings (SSSR count). The van der Waals surface area contributed by atoms with Crippen molar-refractivity contribution in [2.45, 2.75) is 53.1 Å². The standard InChI is InChI=1S/C11H22N4/c1-8(2)5-6-15-11(9(3)4)10(7-12)13-14-15/h8-9H,5-7,12H2,1-4H3. The van der Waals surface area contributed by atoms with Crippen LogP contribution in [0.2, 0.25) is 0 Å². The van der Waals surface area contributed by atoms with E-state index in [9.17, 15) is 0 Å². The first kappa shape index (κ1) is 12.2. The third-order valence-corrected chi connectivity index (χ3v) is 2.51. The highest BCUT2D eigenvalue weighted by Gasteiger charge is 2.14. The van der Waals surface area contributed by atoms with Crippen LogP contribution in [-0.4, -0.2) is 15.0 Å². The molecule has 0 saturated heterocycles. The van der Waals surface area contributed by atoms with Crippen molar-refractivity contribution in [3.8, 4) is 0 Å². The van der Waals surface area contributed by atoms with Crippen LogP contribution < -0.4 is 5.73 Å². The molecule has 0 spiro atoms. The molecule has 0 atom stereocenters. The Morgan fingerprint density at radius 2 is 1.93 bits per heavy atom. The van der Waals surface area contributed by atoms with E-state index in [1.54, 1.807) is 0 Å².